The molecule has 76 valence electrons. The smallest absolute Gasteiger partial charge is 0.267 e. The molecule has 0 saturated carbocycles. The molecule has 0 fully saturated rings. The molecule has 15 heavy (non-hydrogen) atoms. The molecule has 0 aromatic carbocycles. The lowest BCUT2D eigenvalue weighted by Crippen LogP contribution is -2.12. The van der Waals surface area contributed by atoms with Gasteiger partial charge >= 0.3 is 0 Å². The van der Waals surface area contributed by atoms with Gasteiger partial charge in [-0.3, -0.25) is 9.78 Å². The lowest BCUT2D eigenvalue weighted by molar-refractivity contribution is 0.0995. The Morgan fingerprint density at radius 1 is 1.07 bits per heavy atom. The number of primary amides is 1. The first kappa shape index (κ1) is 10.7. The first-order chi connectivity index (χ1) is 7.30. The van der Waals surface area contributed by atoms with Crippen molar-refractivity contribution >= 4 is 5.91 Å². The maximum Gasteiger partial charge on any atom is 0.267 e. The average Bonchev–Trinajstić information content (AvgIpc) is 2.33. The van der Waals surface area contributed by atoms with Crippen molar-refractivity contribution < 1.29 is 4.79 Å². The number of aromatic nitrogens is 4. The van der Waals surface area contributed by atoms with Crippen LogP contribution in [0.1, 0.15) is 10.5 Å². The third-order valence-corrected chi connectivity index (χ3v) is 1.32. The van der Waals surface area contributed by atoms with Gasteiger partial charge in [-0.1, -0.05) is 6.07 Å². The van der Waals surface area contributed by atoms with Gasteiger partial charge in [-0.15, -0.1) is 0 Å². The van der Waals surface area contributed by atoms with E-state index >= 15 is 0 Å². The Morgan fingerprint density at radius 2 is 1.67 bits per heavy atom. The molecule has 2 N–H and O–H groups in total. The topological polar surface area (TPSA) is 94.7 Å². The van der Waals surface area contributed by atoms with Crippen molar-refractivity contribution in [1.29, 1.82) is 0 Å². The number of nitrogens with zero attached hydrogens (tertiary/aromatic N) is 4. The summed E-state index contributed by atoms with van der Waals surface area (Å²) in [5, 5.41) is 0. The third kappa shape index (κ3) is 4.41. The van der Waals surface area contributed by atoms with Crippen LogP contribution in [0.2, 0.25) is 0 Å². The van der Waals surface area contributed by atoms with Crippen molar-refractivity contribution in [2.75, 3.05) is 0 Å². The van der Waals surface area contributed by atoms with Crippen molar-refractivity contribution in [3.8, 4) is 0 Å². The molecular weight excluding hydrogens is 194 g/mol. The lowest BCUT2D eigenvalue weighted by Gasteiger charge is -1.88. The number of hydrogen-bond acceptors (Lipinski definition) is 5. The predicted octanol–water partition coefficient (Wildman–Crippen LogP) is 0.0521. The molecule has 0 saturated heterocycles. The second-order valence-corrected chi connectivity index (χ2v) is 2.37. The van der Waals surface area contributed by atoms with Crippen LogP contribution in [0.25, 0.3) is 0 Å². The highest BCUT2D eigenvalue weighted by molar-refractivity contribution is 5.90. The van der Waals surface area contributed by atoms with Crippen molar-refractivity contribution in [1.82, 2.24) is 19.9 Å². The Labute approximate surface area is 86.2 Å². The van der Waals surface area contributed by atoms with Gasteiger partial charge in [0.2, 0.25) is 0 Å². The van der Waals surface area contributed by atoms with Crippen LogP contribution in [0.3, 0.4) is 0 Å². The summed E-state index contributed by atoms with van der Waals surface area (Å²) in [5.41, 5.74) is 5.22. The molecule has 2 aromatic rings. The van der Waals surface area contributed by atoms with E-state index in [2.05, 4.69) is 19.9 Å². The molecule has 2 aromatic heterocycles. The van der Waals surface area contributed by atoms with E-state index in [1.165, 1.54) is 25.2 Å². The quantitative estimate of drug-likeness (QED) is 0.706. The van der Waals surface area contributed by atoms with E-state index < -0.39 is 5.91 Å². The number of amides is 1. The largest absolute Gasteiger partial charge is 0.364 e. The zero-order valence-electron chi connectivity index (χ0n) is 7.82. The zero-order valence-corrected chi connectivity index (χ0v) is 7.82. The molecular formula is C9H9N5O. The van der Waals surface area contributed by atoms with Crippen LogP contribution in [0.4, 0.5) is 0 Å². The first-order valence-corrected chi connectivity index (χ1v) is 4.06. The van der Waals surface area contributed by atoms with Crippen molar-refractivity contribution in [2.24, 2.45) is 5.73 Å². The molecule has 2 heterocycles. The minimum atomic E-state index is -0.490. The monoisotopic (exact) mass is 203 g/mol. The van der Waals surface area contributed by atoms with Gasteiger partial charge in [-0.05, 0) is 12.1 Å². The molecule has 0 radical (unpaired) electrons. The minimum absolute atomic E-state index is 0.303. The summed E-state index contributed by atoms with van der Waals surface area (Å²) in [6.07, 6.45) is 5.84. The Kier molecular flexibility index (Phi) is 4.38. The van der Waals surface area contributed by atoms with E-state index in [0.29, 0.717) is 5.69 Å². The lowest BCUT2D eigenvalue weighted by atomic mass is 10.3. The number of pyridine rings is 1. The second-order valence-electron chi connectivity index (χ2n) is 2.37. The molecule has 6 heteroatoms. The average molecular weight is 203 g/mol. The maximum absolute atomic E-state index is 10.4. The van der Waals surface area contributed by atoms with Crippen LogP contribution >= 0.6 is 0 Å². The highest BCUT2D eigenvalue weighted by Crippen LogP contribution is 1.88. The molecule has 0 aliphatic carbocycles. The molecule has 6 nitrogen and oxygen atoms in total. The van der Waals surface area contributed by atoms with Gasteiger partial charge in [0.15, 0.2) is 0 Å². The van der Waals surface area contributed by atoms with Crippen LogP contribution in [0.5, 0.6) is 0 Å². The summed E-state index contributed by atoms with van der Waals surface area (Å²) in [4.78, 5) is 24.8. The predicted molar refractivity (Wildman–Crippen MR) is 52.6 cm³/mol. The Balaban J connectivity index is 0.000000162. The van der Waals surface area contributed by atoms with Gasteiger partial charge in [0.25, 0.3) is 5.91 Å². The van der Waals surface area contributed by atoms with Gasteiger partial charge in [0, 0.05) is 6.20 Å². The molecule has 0 atom stereocenters. The summed E-state index contributed by atoms with van der Waals surface area (Å²) in [6, 6.07) is 5.02. The summed E-state index contributed by atoms with van der Waals surface area (Å²) in [6.45, 7) is 0. The molecule has 0 unspecified atom stereocenters. The Hall–Kier alpha value is -2.37. The van der Waals surface area contributed by atoms with E-state index in [1.54, 1.807) is 18.2 Å². The van der Waals surface area contributed by atoms with E-state index in [9.17, 15) is 4.79 Å². The van der Waals surface area contributed by atoms with Gasteiger partial charge in [0.1, 0.15) is 24.7 Å². The molecule has 0 bridgehead atoms. The highest BCUT2D eigenvalue weighted by Gasteiger charge is 1.95. The summed E-state index contributed by atoms with van der Waals surface area (Å²) in [7, 11) is 0. The fourth-order valence-corrected chi connectivity index (χ4v) is 0.713. The zero-order chi connectivity index (χ0) is 10.9. The van der Waals surface area contributed by atoms with Crippen LogP contribution in [0, 0.1) is 0 Å². The second kappa shape index (κ2) is 6.14. The van der Waals surface area contributed by atoms with Gasteiger partial charge in [-0.25, -0.2) is 15.0 Å². The summed E-state index contributed by atoms with van der Waals surface area (Å²) >= 11 is 0. The van der Waals surface area contributed by atoms with E-state index in [-0.39, 0.29) is 0 Å². The Bertz CT molecular complexity index is 365. The first-order valence-electron chi connectivity index (χ1n) is 4.06. The normalized spacial score (nSPS) is 8.53. The van der Waals surface area contributed by atoms with Crippen molar-refractivity contribution in [2.45, 2.75) is 0 Å². The summed E-state index contributed by atoms with van der Waals surface area (Å²) < 4.78 is 0. The van der Waals surface area contributed by atoms with Crippen LogP contribution in [-0.2, 0) is 0 Å². The van der Waals surface area contributed by atoms with E-state index in [4.69, 9.17) is 5.73 Å². The molecule has 1 amide bonds. The van der Waals surface area contributed by atoms with Crippen molar-refractivity contribution in [3.63, 3.8) is 0 Å². The summed E-state index contributed by atoms with van der Waals surface area (Å²) in [5.74, 6) is -0.490. The molecule has 0 spiro atoms. The number of carbonyl (C=O) groups excluding carboxylic acids is 1. The van der Waals surface area contributed by atoms with E-state index in [0.717, 1.165) is 0 Å². The minimum Gasteiger partial charge on any atom is -0.364 e. The number of rotatable bonds is 1. The Morgan fingerprint density at radius 3 is 1.93 bits per heavy atom. The van der Waals surface area contributed by atoms with Crippen LogP contribution < -0.4 is 5.73 Å². The molecule has 0 aliphatic heterocycles. The highest BCUT2D eigenvalue weighted by atomic mass is 16.1. The number of carbonyl (C=O) groups is 1. The number of nitrogens with two attached hydrogens (primary N) is 1. The molecule has 0 aliphatic rings. The van der Waals surface area contributed by atoms with E-state index in [1.807, 2.05) is 0 Å². The van der Waals surface area contributed by atoms with Crippen LogP contribution in [-0.4, -0.2) is 25.8 Å². The third-order valence-electron chi connectivity index (χ3n) is 1.32. The van der Waals surface area contributed by atoms with Gasteiger partial charge in [-0.2, -0.15) is 0 Å². The maximum atomic E-state index is 10.4. The SMILES string of the molecule is NC(=O)c1ccccn1.c1ncncn1. The van der Waals surface area contributed by atoms with Crippen LogP contribution in [0.15, 0.2) is 43.4 Å². The van der Waals surface area contributed by atoms with Gasteiger partial charge < -0.3 is 5.73 Å². The fraction of sp³-hybridized carbons (Fsp3) is 0. The van der Waals surface area contributed by atoms with Gasteiger partial charge in [0.05, 0.1) is 0 Å². The number of hydrogen-bond donors (Lipinski definition) is 1. The molecule has 2 rings (SSSR count). The van der Waals surface area contributed by atoms with Crippen molar-refractivity contribution in [3.05, 3.63) is 49.1 Å². The standard InChI is InChI=1S/C6H6N2O.C3H3N3/c7-6(9)5-3-1-2-4-8-5;1-4-2-6-3-5-1/h1-4H,(H2,7,9);1-3H. The fourth-order valence-electron chi connectivity index (χ4n) is 0.713.